The van der Waals surface area contributed by atoms with E-state index in [0.29, 0.717) is 11.8 Å². The Kier molecular flexibility index (Phi) is 8.88. The smallest absolute Gasteiger partial charge is 0.226 e. The van der Waals surface area contributed by atoms with Crippen molar-refractivity contribution < 1.29 is 9.26 Å². The van der Waals surface area contributed by atoms with E-state index in [1.54, 1.807) is 0 Å². The van der Waals surface area contributed by atoms with Crippen LogP contribution >= 0.6 is 0 Å². The second kappa shape index (κ2) is 11.8. The van der Waals surface area contributed by atoms with Gasteiger partial charge in [0.2, 0.25) is 5.89 Å². The zero-order valence-electron chi connectivity index (χ0n) is 19.4. The molecule has 0 aliphatic carbocycles. The molecule has 2 N–H and O–H groups in total. The van der Waals surface area contributed by atoms with Gasteiger partial charge in [-0.15, -0.1) is 0 Å². The summed E-state index contributed by atoms with van der Waals surface area (Å²) in [5, 5.41) is 10.8. The second-order valence-corrected chi connectivity index (χ2v) is 8.56. The molecular formula is C24H37N5O2. The van der Waals surface area contributed by atoms with Gasteiger partial charge in [-0.2, -0.15) is 4.98 Å². The number of aliphatic imine (C=N–C) groups is 1. The first-order chi connectivity index (χ1) is 15.1. The lowest BCUT2D eigenvalue weighted by atomic mass is 9.89. The number of nitrogens with one attached hydrogen (secondary N) is 2. The number of ether oxygens (including phenoxy) is 1. The van der Waals surface area contributed by atoms with E-state index in [2.05, 4.69) is 72.7 Å². The number of aromatic nitrogens is 2. The molecular weight excluding hydrogens is 390 g/mol. The van der Waals surface area contributed by atoms with Crippen molar-refractivity contribution >= 4 is 5.96 Å². The molecule has 1 saturated heterocycles. The minimum absolute atomic E-state index is 0.119. The normalized spacial score (nSPS) is 19.6. The van der Waals surface area contributed by atoms with Gasteiger partial charge in [0.25, 0.3) is 0 Å². The van der Waals surface area contributed by atoms with E-state index in [9.17, 15) is 0 Å². The minimum Gasteiger partial charge on any atom is -0.373 e. The van der Waals surface area contributed by atoms with Crippen LogP contribution in [-0.2, 0) is 11.2 Å². The zero-order chi connectivity index (χ0) is 22.1. The van der Waals surface area contributed by atoms with Crippen molar-refractivity contribution in [3.05, 3.63) is 47.1 Å². The van der Waals surface area contributed by atoms with E-state index in [0.717, 1.165) is 63.7 Å². The van der Waals surface area contributed by atoms with Gasteiger partial charge in [0.1, 0.15) is 0 Å². The predicted octanol–water partition coefficient (Wildman–Crippen LogP) is 4.16. The number of nitrogens with zero attached hydrogens (tertiary/aromatic N) is 3. The molecule has 7 nitrogen and oxygen atoms in total. The number of hydrogen-bond acceptors (Lipinski definition) is 5. The molecule has 2 aromatic rings. The van der Waals surface area contributed by atoms with Gasteiger partial charge < -0.3 is 19.9 Å². The summed E-state index contributed by atoms with van der Waals surface area (Å²) >= 11 is 0. The first-order valence-electron chi connectivity index (χ1n) is 11.6. The zero-order valence-corrected chi connectivity index (χ0v) is 19.4. The Bertz CT molecular complexity index is 816. The van der Waals surface area contributed by atoms with Crippen molar-refractivity contribution in [1.82, 2.24) is 20.8 Å². The quantitative estimate of drug-likeness (QED) is 0.355. The predicted molar refractivity (Wildman–Crippen MR) is 123 cm³/mol. The maximum absolute atomic E-state index is 6.14. The third-order valence-electron chi connectivity index (χ3n) is 5.54. The third kappa shape index (κ3) is 7.06. The third-order valence-corrected chi connectivity index (χ3v) is 5.54. The van der Waals surface area contributed by atoms with Gasteiger partial charge in [-0.25, -0.2) is 0 Å². The van der Waals surface area contributed by atoms with Crippen LogP contribution in [0.4, 0.5) is 0 Å². The fraction of sp³-hybridized carbons (Fsp3) is 0.625. The van der Waals surface area contributed by atoms with Crippen molar-refractivity contribution in [2.24, 2.45) is 10.9 Å². The SMILES string of the molecule is CCNC(=NCC1CCCOC1c1ccc(C)cc1)NCCCc1nc(C(C)C)no1. The standard InChI is InChI=1S/C24H37N5O2/c1-5-25-24(26-14-6-9-21-28-23(17(2)3)29-31-21)27-16-20-8-7-15-30-22(20)19-12-10-18(4)11-13-19/h10-13,17,20,22H,5-9,14-16H2,1-4H3,(H2,25,26,27). The molecule has 1 aromatic carbocycles. The molecule has 1 aliphatic rings. The largest absolute Gasteiger partial charge is 0.373 e. The Morgan fingerprint density at radius 2 is 2.03 bits per heavy atom. The summed E-state index contributed by atoms with van der Waals surface area (Å²) in [6.07, 6.45) is 4.01. The number of aryl methyl sites for hydroxylation is 2. The topological polar surface area (TPSA) is 84.6 Å². The van der Waals surface area contributed by atoms with E-state index < -0.39 is 0 Å². The Morgan fingerprint density at radius 1 is 1.23 bits per heavy atom. The van der Waals surface area contributed by atoms with E-state index in [1.807, 2.05) is 0 Å². The van der Waals surface area contributed by atoms with Crippen LogP contribution in [0.3, 0.4) is 0 Å². The number of benzene rings is 1. The van der Waals surface area contributed by atoms with E-state index in [-0.39, 0.29) is 12.0 Å². The first kappa shape index (κ1) is 23.3. The van der Waals surface area contributed by atoms with Crippen LogP contribution in [0.25, 0.3) is 0 Å². The average molecular weight is 428 g/mol. The van der Waals surface area contributed by atoms with Gasteiger partial charge in [0, 0.05) is 44.5 Å². The summed E-state index contributed by atoms with van der Waals surface area (Å²) in [6, 6.07) is 8.70. The lowest BCUT2D eigenvalue weighted by molar-refractivity contribution is -0.0250. The Morgan fingerprint density at radius 3 is 2.74 bits per heavy atom. The molecule has 1 aromatic heterocycles. The summed E-state index contributed by atoms with van der Waals surface area (Å²) in [5.41, 5.74) is 2.53. The molecule has 170 valence electrons. The van der Waals surface area contributed by atoms with Crippen LogP contribution in [0.2, 0.25) is 0 Å². The molecule has 0 spiro atoms. The van der Waals surface area contributed by atoms with E-state index in [4.69, 9.17) is 14.3 Å². The lowest BCUT2D eigenvalue weighted by Gasteiger charge is -2.31. The van der Waals surface area contributed by atoms with Gasteiger partial charge in [-0.05, 0) is 38.7 Å². The fourth-order valence-corrected chi connectivity index (χ4v) is 3.76. The van der Waals surface area contributed by atoms with Crippen LogP contribution in [-0.4, -0.2) is 42.3 Å². The van der Waals surface area contributed by atoms with Crippen molar-refractivity contribution in [2.45, 2.75) is 65.4 Å². The Hall–Kier alpha value is -2.41. The molecule has 2 heterocycles. The maximum atomic E-state index is 6.14. The first-order valence-corrected chi connectivity index (χ1v) is 11.6. The Balaban J connectivity index is 1.51. The van der Waals surface area contributed by atoms with Gasteiger partial charge in [0.15, 0.2) is 11.8 Å². The van der Waals surface area contributed by atoms with Crippen molar-refractivity contribution in [3.63, 3.8) is 0 Å². The molecule has 1 aliphatic heterocycles. The monoisotopic (exact) mass is 427 g/mol. The van der Waals surface area contributed by atoms with E-state index >= 15 is 0 Å². The van der Waals surface area contributed by atoms with Gasteiger partial charge >= 0.3 is 0 Å². The van der Waals surface area contributed by atoms with Gasteiger partial charge in [-0.1, -0.05) is 48.8 Å². The second-order valence-electron chi connectivity index (χ2n) is 8.56. The molecule has 2 atom stereocenters. The Labute approximate surface area is 186 Å². The molecule has 31 heavy (non-hydrogen) atoms. The number of hydrogen-bond donors (Lipinski definition) is 2. The molecule has 1 fully saturated rings. The number of guanidine groups is 1. The average Bonchev–Trinajstić information content (AvgIpc) is 3.25. The lowest BCUT2D eigenvalue weighted by Crippen LogP contribution is -2.38. The number of rotatable bonds is 9. The van der Waals surface area contributed by atoms with Crippen molar-refractivity contribution in [3.8, 4) is 0 Å². The molecule has 0 bridgehead atoms. The molecule has 3 rings (SSSR count). The summed E-state index contributed by atoms with van der Waals surface area (Å²) in [4.78, 5) is 9.30. The highest BCUT2D eigenvalue weighted by atomic mass is 16.5. The van der Waals surface area contributed by atoms with Crippen molar-refractivity contribution in [2.75, 3.05) is 26.2 Å². The highest BCUT2D eigenvalue weighted by molar-refractivity contribution is 5.79. The summed E-state index contributed by atoms with van der Waals surface area (Å²) in [6.45, 7) is 11.5. The summed E-state index contributed by atoms with van der Waals surface area (Å²) in [7, 11) is 0. The highest BCUT2D eigenvalue weighted by Crippen LogP contribution is 2.33. The van der Waals surface area contributed by atoms with Crippen LogP contribution in [0, 0.1) is 12.8 Å². The van der Waals surface area contributed by atoms with Crippen LogP contribution < -0.4 is 10.6 Å². The molecule has 2 unspecified atom stereocenters. The van der Waals surface area contributed by atoms with Gasteiger partial charge in [0.05, 0.1) is 6.10 Å². The minimum atomic E-state index is 0.119. The van der Waals surface area contributed by atoms with Crippen LogP contribution in [0.1, 0.15) is 74.9 Å². The fourth-order valence-electron chi connectivity index (χ4n) is 3.76. The summed E-state index contributed by atoms with van der Waals surface area (Å²) < 4.78 is 11.5. The maximum Gasteiger partial charge on any atom is 0.226 e. The van der Waals surface area contributed by atoms with Crippen molar-refractivity contribution in [1.29, 1.82) is 0 Å². The van der Waals surface area contributed by atoms with E-state index in [1.165, 1.54) is 11.1 Å². The highest BCUT2D eigenvalue weighted by Gasteiger charge is 2.27. The molecule has 0 saturated carbocycles. The molecule has 0 amide bonds. The summed E-state index contributed by atoms with van der Waals surface area (Å²) in [5.74, 6) is 3.00. The molecule has 7 heteroatoms. The molecule has 0 radical (unpaired) electrons. The van der Waals surface area contributed by atoms with Gasteiger partial charge in [-0.3, -0.25) is 4.99 Å². The van der Waals surface area contributed by atoms with Crippen LogP contribution in [0.15, 0.2) is 33.8 Å². The van der Waals surface area contributed by atoms with Crippen LogP contribution in [0.5, 0.6) is 0 Å².